The van der Waals surface area contributed by atoms with Gasteiger partial charge in [0.05, 0.1) is 25.6 Å². The number of barbiturate groups is 1. The highest BCUT2D eigenvalue weighted by molar-refractivity contribution is 6.46. The van der Waals surface area contributed by atoms with Gasteiger partial charge >= 0.3 is 6.03 Å². The van der Waals surface area contributed by atoms with E-state index in [4.69, 9.17) is 18.9 Å². The van der Waals surface area contributed by atoms with Crippen LogP contribution >= 0.6 is 0 Å². The van der Waals surface area contributed by atoms with Crippen LogP contribution in [-0.2, 0) is 22.8 Å². The van der Waals surface area contributed by atoms with Gasteiger partial charge in [-0.3, -0.25) is 9.59 Å². The third kappa shape index (κ3) is 6.75. The highest BCUT2D eigenvalue weighted by Gasteiger charge is 2.43. The summed E-state index contributed by atoms with van der Waals surface area (Å²) in [4.78, 5) is 43.0. The highest BCUT2D eigenvalue weighted by Crippen LogP contribution is 2.34. The second kappa shape index (κ2) is 14.4. The van der Waals surface area contributed by atoms with Crippen molar-refractivity contribution in [3.63, 3.8) is 0 Å². The fourth-order valence-electron chi connectivity index (χ4n) is 5.22. The van der Waals surface area contributed by atoms with Gasteiger partial charge in [-0.05, 0) is 71.3 Å². The van der Waals surface area contributed by atoms with Crippen LogP contribution in [-0.4, -0.2) is 32.1 Å². The van der Waals surface area contributed by atoms with Crippen molar-refractivity contribution >= 4 is 35.3 Å². The Kier molecular flexibility index (Phi) is 9.48. The first-order valence-electron chi connectivity index (χ1n) is 15.2. The molecule has 9 nitrogen and oxygen atoms in total. The Balaban J connectivity index is 1.23. The van der Waals surface area contributed by atoms with Crippen LogP contribution in [0.3, 0.4) is 0 Å². The smallest absolute Gasteiger partial charge is 0.343 e. The van der Waals surface area contributed by atoms with E-state index in [0.717, 1.165) is 20.9 Å². The standard InChI is InChI=1S/C39H32N2O7/c1-45-35-23-28(18-20-33(35)48-26-29-19-21-34(36(24-29)46-2)47-25-27-12-6-3-7-13-27)22-32-37(42)40(30-14-8-4-9-15-30)39(44)41(38(32)43)31-16-10-5-11-17-31/h3-24H,25-26H2,1-2H3. The van der Waals surface area contributed by atoms with E-state index < -0.39 is 17.8 Å². The molecular formula is C39H32N2O7. The average molecular weight is 641 g/mol. The molecule has 48 heavy (non-hydrogen) atoms. The van der Waals surface area contributed by atoms with Gasteiger partial charge in [0, 0.05) is 0 Å². The molecule has 1 aliphatic rings. The Labute approximate surface area is 278 Å². The molecule has 0 bridgehead atoms. The topological polar surface area (TPSA) is 94.6 Å². The lowest BCUT2D eigenvalue weighted by Gasteiger charge is -2.33. The van der Waals surface area contributed by atoms with E-state index in [1.54, 1.807) is 86.0 Å². The van der Waals surface area contributed by atoms with Crippen LogP contribution in [0.15, 0.2) is 133 Å². The monoisotopic (exact) mass is 640 g/mol. The highest BCUT2D eigenvalue weighted by atomic mass is 16.5. The quantitative estimate of drug-likeness (QED) is 0.109. The summed E-state index contributed by atoms with van der Waals surface area (Å²) < 4.78 is 23.2. The number of benzene rings is 5. The number of ether oxygens (including phenoxy) is 4. The summed E-state index contributed by atoms with van der Waals surface area (Å²) in [5.74, 6) is 0.586. The van der Waals surface area contributed by atoms with E-state index in [0.29, 0.717) is 46.5 Å². The van der Waals surface area contributed by atoms with E-state index >= 15 is 0 Å². The number of para-hydroxylation sites is 2. The Morgan fingerprint density at radius 1 is 0.521 bits per heavy atom. The lowest BCUT2D eigenvalue weighted by atomic mass is 10.0. The molecule has 0 spiro atoms. The van der Waals surface area contributed by atoms with Gasteiger partial charge in [-0.1, -0.05) is 78.9 Å². The second-order valence-corrected chi connectivity index (χ2v) is 10.8. The molecular weight excluding hydrogens is 608 g/mol. The maximum absolute atomic E-state index is 13.7. The van der Waals surface area contributed by atoms with Crippen molar-refractivity contribution in [3.8, 4) is 23.0 Å². The van der Waals surface area contributed by atoms with Crippen molar-refractivity contribution in [1.82, 2.24) is 0 Å². The average Bonchev–Trinajstić information content (AvgIpc) is 3.13. The van der Waals surface area contributed by atoms with Gasteiger partial charge in [0.25, 0.3) is 11.8 Å². The molecule has 0 saturated carbocycles. The van der Waals surface area contributed by atoms with Crippen LogP contribution in [0.25, 0.3) is 6.08 Å². The van der Waals surface area contributed by atoms with Crippen molar-refractivity contribution in [1.29, 1.82) is 0 Å². The number of methoxy groups -OCH3 is 2. The normalized spacial score (nSPS) is 13.0. The predicted molar refractivity (Wildman–Crippen MR) is 182 cm³/mol. The lowest BCUT2D eigenvalue weighted by Crippen LogP contribution is -2.57. The SMILES string of the molecule is COc1cc(C=C2C(=O)N(c3ccccc3)C(=O)N(c3ccccc3)C2=O)ccc1OCc1ccc(OCc2ccccc2)c(OC)c1. The number of imide groups is 2. The van der Waals surface area contributed by atoms with Crippen LogP contribution in [0.5, 0.6) is 23.0 Å². The lowest BCUT2D eigenvalue weighted by molar-refractivity contribution is -0.121. The largest absolute Gasteiger partial charge is 0.493 e. The van der Waals surface area contributed by atoms with Crippen LogP contribution in [0, 0.1) is 0 Å². The first-order chi connectivity index (χ1) is 23.5. The summed E-state index contributed by atoms with van der Waals surface area (Å²) in [5, 5.41) is 0. The van der Waals surface area contributed by atoms with Gasteiger partial charge in [0.15, 0.2) is 23.0 Å². The molecule has 0 aromatic heterocycles. The zero-order valence-electron chi connectivity index (χ0n) is 26.4. The number of hydrogen-bond donors (Lipinski definition) is 0. The second-order valence-electron chi connectivity index (χ2n) is 10.8. The molecule has 1 saturated heterocycles. The molecule has 0 unspecified atom stereocenters. The van der Waals surface area contributed by atoms with E-state index in [1.165, 1.54) is 13.2 Å². The molecule has 9 heteroatoms. The summed E-state index contributed by atoms with van der Waals surface area (Å²) in [5.41, 5.74) is 2.91. The number of carbonyl (C=O) groups excluding carboxylic acids is 3. The number of urea groups is 1. The van der Waals surface area contributed by atoms with Gasteiger partial charge in [-0.15, -0.1) is 0 Å². The van der Waals surface area contributed by atoms with Crippen molar-refractivity contribution in [2.24, 2.45) is 0 Å². The minimum atomic E-state index is -0.756. The molecule has 1 heterocycles. The summed E-state index contributed by atoms with van der Waals surface area (Å²) in [6, 6.07) is 36.8. The molecule has 4 amide bonds. The minimum Gasteiger partial charge on any atom is -0.493 e. The van der Waals surface area contributed by atoms with Gasteiger partial charge < -0.3 is 18.9 Å². The summed E-state index contributed by atoms with van der Waals surface area (Å²) >= 11 is 0. The Bertz CT molecular complexity index is 1900. The predicted octanol–water partition coefficient (Wildman–Crippen LogP) is 7.45. The molecule has 6 rings (SSSR count). The number of carbonyl (C=O) groups is 3. The van der Waals surface area contributed by atoms with Crippen LogP contribution in [0.1, 0.15) is 16.7 Å². The van der Waals surface area contributed by atoms with Crippen molar-refractivity contribution in [2.75, 3.05) is 24.0 Å². The van der Waals surface area contributed by atoms with Crippen molar-refractivity contribution in [3.05, 3.63) is 150 Å². The first kappa shape index (κ1) is 31.6. The molecule has 240 valence electrons. The third-order valence-corrected chi connectivity index (χ3v) is 7.64. The number of nitrogens with zero attached hydrogens (tertiary/aromatic N) is 2. The number of amides is 4. The third-order valence-electron chi connectivity index (χ3n) is 7.64. The molecule has 0 atom stereocenters. The Hall–Kier alpha value is -6.35. The van der Waals surface area contributed by atoms with Gasteiger partial charge in [0.1, 0.15) is 18.8 Å². The number of rotatable bonds is 11. The fraction of sp³-hybridized carbons (Fsp3) is 0.103. The maximum Gasteiger partial charge on any atom is 0.343 e. The van der Waals surface area contributed by atoms with Crippen molar-refractivity contribution in [2.45, 2.75) is 13.2 Å². The number of hydrogen-bond acceptors (Lipinski definition) is 7. The molecule has 0 radical (unpaired) electrons. The summed E-state index contributed by atoms with van der Waals surface area (Å²) in [7, 11) is 3.09. The van der Waals surface area contributed by atoms with Gasteiger partial charge in [-0.2, -0.15) is 0 Å². The van der Waals surface area contributed by atoms with Crippen molar-refractivity contribution < 1.29 is 33.3 Å². The molecule has 5 aromatic rings. The molecule has 0 aliphatic carbocycles. The molecule has 1 aliphatic heterocycles. The zero-order valence-corrected chi connectivity index (χ0v) is 26.4. The van der Waals surface area contributed by atoms with E-state index in [-0.39, 0.29) is 12.2 Å². The van der Waals surface area contributed by atoms with Crippen LogP contribution in [0.4, 0.5) is 16.2 Å². The number of anilines is 2. The van der Waals surface area contributed by atoms with E-state index in [2.05, 4.69) is 0 Å². The molecule has 5 aromatic carbocycles. The zero-order chi connectivity index (χ0) is 33.5. The Morgan fingerprint density at radius 2 is 1.00 bits per heavy atom. The fourth-order valence-corrected chi connectivity index (χ4v) is 5.22. The molecule has 1 fully saturated rings. The van der Waals surface area contributed by atoms with E-state index in [1.807, 2.05) is 48.5 Å². The summed E-state index contributed by atoms with van der Waals surface area (Å²) in [6.45, 7) is 0.623. The Morgan fingerprint density at radius 3 is 1.54 bits per heavy atom. The molecule has 0 N–H and O–H groups in total. The van der Waals surface area contributed by atoms with Crippen LogP contribution in [0.2, 0.25) is 0 Å². The van der Waals surface area contributed by atoms with Gasteiger partial charge in [0.2, 0.25) is 0 Å². The maximum atomic E-state index is 13.7. The van der Waals surface area contributed by atoms with Gasteiger partial charge in [-0.25, -0.2) is 14.6 Å². The first-order valence-corrected chi connectivity index (χ1v) is 15.2. The van der Waals surface area contributed by atoms with E-state index in [9.17, 15) is 14.4 Å². The minimum absolute atomic E-state index is 0.181. The van der Waals surface area contributed by atoms with Crippen LogP contribution < -0.4 is 28.7 Å². The summed E-state index contributed by atoms with van der Waals surface area (Å²) in [6.07, 6.45) is 1.45.